The summed E-state index contributed by atoms with van der Waals surface area (Å²) >= 11 is 0. The average Bonchev–Trinajstić information content (AvgIpc) is 2.20. The zero-order chi connectivity index (χ0) is 11.4. The van der Waals surface area contributed by atoms with Crippen molar-refractivity contribution in [3.63, 3.8) is 0 Å². The van der Waals surface area contributed by atoms with E-state index in [0.29, 0.717) is 19.6 Å². The van der Waals surface area contributed by atoms with Gasteiger partial charge in [0, 0.05) is 20.1 Å². The number of primary amides is 1. The first-order valence-corrected chi connectivity index (χ1v) is 5.62. The highest BCUT2D eigenvalue weighted by Crippen LogP contribution is 2.04. The summed E-state index contributed by atoms with van der Waals surface area (Å²) in [5.74, 6) is -0.196. The Kier molecular flexibility index (Phi) is 11.0. The Balaban J connectivity index is 2.89. The zero-order valence-electron chi connectivity index (χ0n) is 9.67. The lowest BCUT2D eigenvalue weighted by atomic mass is 10.1. The summed E-state index contributed by atoms with van der Waals surface area (Å²) in [6.45, 7) is 2.15. The van der Waals surface area contributed by atoms with Crippen LogP contribution in [0, 0.1) is 0 Å². The Morgan fingerprint density at radius 3 is 2.33 bits per heavy atom. The molecule has 4 nitrogen and oxygen atoms in total. The summed E-state index contributed by atoms with van der Waals surface area (Å²) in [5, 5.41) is 0. The average molecular weight is 217 g/mol. The number of hydrogen-bond acceptors (Lipinski definition) is 3. The molecule has 15 heavy (non-hydrogen) atoms. The molecule has 0 heterocycles. The smallest absolute Gasteiger partial charge is 0.217 e. The summed E-state index contributed by atoms with van der Waals surface area (Å²) in [5.41, 5.74) is 5.03. The quantitative estimate of drug-likeness (QED) is 0.533. The van der Waals surface area contributed by atoms with Gasteiger partial charge >= 0.3 is 0 Å². The Labute approximate surface area is 92.1 Å². The maximum Gasteiger partial charge on any atom is 0.217 e. The molecule has 1 amide bonds. The Morgan fingerprint density at radius 1 is 1.00 bits per heavy atom. The van der Waals surface area contributed by atoms with Crippen molar-refractivity contribution in [2.75, 3.05) is 26.9 Å². The predicted octanol–water partition coefficient (Wildman–Crippen LogP) is 1.48. The molecule has 0 aliphatic rings. The van der Waals surface area contributed by atoms with Crippen LogP contribution >= 0.6 is 0 Å². The molecule has 0 spiro atoms. The fourth-order valence-electron chi connectivity index (χ4n) is 1.28. The largest absolute Gasteiger partial charge is 0.382 e. The van der Waals surface area contributed by atoms with Crippen molar-refractivity contribution < 1.29 is 14.3 Å². The van der Waals surface area contributed by atoms with Gasteiger partial charge < -0.3 is 15.2 Å². The van der Waals surface area contributed by atoms with Crippen LogP contribution in [-0.4, -0.2) is 32.8 Å². The summed E-state index contributed by atoms with van der Waals surface area (Å²) in [4.78, 5) is 10.4. The van der Waals surface area contributed by atoms with Gasteiger partial charge in [0.05, 0.1) is 13.2 Å². The summed E-state index contributed by atoms with van der Waals surface area (Å²) < 4.78 is 10.2. The molecule has 0 aromatic carbocycles. The number of amides is 1. The van der Waals surface area contributed by atoms with E-state index in [9.17, 15) is 4.79 Å². The fraction of sp³-hybridized carbons (Fsp3) is 0.909. The summed E-state index contributed by atoms with van der Waals surface area (Å²) in [6, 6.07) is 0. The van der Waals surface area contributed by atoms with Gasteiger partial charge in [-0.1, -0.05) is 19.3 Å². The van der Waals surface area contributed by atoms with E-state index in [4.69, 9.17) is 15.2 Å². The van der Waals surface area contributed by atoms with Gasteiger partial charge in [-0.15, -0.1) is 0 Å². The second-order valence-electron chi connectivity index (χ2n) is 3.59. The van der Waals surface area contributed by atoms with Crippen molar-refractivity contribution in [3.05, 3.63) is 0 Å². The van der Waals surface area contributed by atoms with Gasteiger partial charge in [-0.25, -0.2) is 0 Å². The van der Waals surface area contributed by atoms with Gasteiger partial charge in [-0.05, 0) is 12.8 Å². The highest BCUT2D eigenvalue weighted by atomic mass is 16.5. The van der Waals surface area contributed by atoms with Crippen molar-refractivity contribution in [2.24, 2.45) is 5.73 Å². The Bertz CT molecular complexity index is 151. The fourth-order valence-corrected chi connectivity index (χ4v) is 1.28. The Hall–Kier alpha value is -0.610. The van der Waals surface area contributed by atoms with Crippen molar-refractivity contribution in [1.29, 1.82) is 0 Å². The molecular formula is C11H23NO3. The van der Waals surface area contributed by atoms with Crippen LogP contribution in [0.5, 0.6) is 0 Å². The second kappa shape index (κ2) is 11.5. The molecule has 0 fully saturated rings. The lowest BCUT2D eigenvalue weighted by Gasteiger charge is -2.03. The normalized spacial score (nSPS) is 10.5. The third kappa shape index (κ3) is 13.4. The van der Waals surface area contributed by atoms with Crippen LogP contribution in [0.3, 0.4) is 0 Å². The lowest BCUT2D eigenvalue weighted by molar-refractivity contribution is -0.118. The molecule has 0 radical (unpaired) electrons. The molecule has 0 aliphatic carbocycles. The van der Waals surface area contributed by atoms with E-state index in [1.807, 2.05) is 0 Å². The van der Waals surface area contributed by atoms with E-state index in [-0.39, 0.29) is 5.91 Å². The van der Waals surface area contributed by atoms with Crippen LogP contribution in [0.1, 0.15) is 38.5 Å². The molecule has 0 aliphatic heterocycles. The van der Waals surface area contributed by atoms with Crippen molar-refractivity contribution in [2.45, 2.75) is 38.5 Å². The minimum absolute atomic E-state index is 0.196. The van der Waals surface area contributed by atoms with Crippen LogP contribution in [0.2, 0.25) is 0 Å². The van der Waals surface area contributed by atoms with Crippen LogP contribution < -0.4 is 5.73 Å². The molecule has 0 bridgehead atoms. The van der Waals surface area contributed by atoms with Gasteiger partial charge in [-0.3, -0.25) is 4.79 Å². The molecule has 0 aromatic heterocycles. The van der Waals surface area contributed by atoms with Crippen LogP contribution in [-0.2, 0) is 14.3 Å². The van der Waals surface area contributed by atoms with Crippen LogP contribution in [0.4, 0.5) is 0 Å². The van der Waals surface area contributed by atoms with Crippen molar-refractivity contribution in [1.82, 2.24) is 0 Å². The van der Waals surface area contributed by atoms with E-state index in [1.165, 1.54) is 0 Å². The molecular weight excluding hydrogens is 194 g/mol. The summed E-state index contributed by atoms with van der Waals surface area (Å²) in [7, 11) is 1.67. The third-order valence-corrected chi connectivity index (χ3v) is 2.14. The third-order valence-electron chi connectivity index (χ3n) is 2.14. The maximum absolute atomic E-state index is 10.4. The molecule has 0 atom stereocenters. The zero-order valence-corrected chi connectivity index (χ0v) is 9.67. The van der Waals surface area contributed by atoms with E-state index >= 15 is 0 Å². The highest BCUT2D eigenvalue weighted by molar-refractivity contribution is 5.73. The van der Waals surface area contributed by atoms with Gasteiger partial charge in [0.2, 0.25) is 5.91 Å². The lowest BCUT2D eigenvalue weighted by Crippen LogP contribution is -2.09. The maximum atomic E-state index is 10.4. The number of rotatable bonds is 11. The SMILES string of the molecule is COCCOCCCCCCCC(N)=O. The molecule has 0 rings (SSSR count). The first-order chi connectivity index (χ1) is 7.27. The molecule has 0 unspecified atom stereocenters. The monoisotopic (exact) mass is 217 g/mol. The molecule has 0 aromatic rings. The van der Waals surface area contributed by atoms with E-state index in [1.54, 1.807) is 7.11 Å². The van der Waals surface area contributed by atoms with Gasteiger partial charge in [0.15, 0.2) is 0 Å². The van der Waals surface area contributed by atoms with E-state index in [0.717, 1.165) is 38.7 Å². The van der Waals surface area contributed by atoms with Crippen LogP contribution in [0.15, 0.2) is 0 Å². The van der Waals surface area contributed by atoms with Gasteiger partial charge in [0.25, 0.3) is 0 Å². The second-order valence-corrected chi connectivity index (χ2v) is 3.59. The minimum atomic E-state index is -0.196. The number of carbonyl (C=O) groups is 1. The van der Waals surface area contributed by atoms with Gasteiger partial charge in [-0.2, -0.15) is 0 Å². The number of methoxy groups -OCH3 is 1. The minimum Gasteiger partial charge on any atom is -0.382 e. The van der Waals surface area contributed by atoms with E-state index < -0.39 is 0 Å². The molecule has 90 valence electrons. The number of carbonyl (C=O) groups excluding carboxylic acids is 1. The number of ether oxygens (including phenoxy) is 2. The van der Waals surface area contributed by atoms with E-state index in [2.05, 4.69) is 0 Å². The molecule has 2 N–H and O–H groups in total. The predicted molar refractivity (Wildman–Crippen MR) is 59.6 cm³/mol. The molecule has 0 saturated carbocycles. The highest BCUT2D eigenvalue weighted by Gasteiger charge is 1.95. The topological polar surface area (TPSA) is 61.6 Å². The van der Waals surface area contributed by atoms with Crippen LogP contribution in [0.25, 0.3) is 0 Å². The summed E-state index contributed by atoms with van der Waals surface area (Å²) in [6.07, 6.45) is 5.91. The Morgan fingerprint density at radius 2 is 1.67 bits per heavy atom. The number of unbranched alkanes of at least 4 members (excludes halogenated alkanes) is 4. The van der Waals surface area contributed by atoms with Gasteiger partial charge in [0.1, 0.15) is 0 Å². The first kappa shape index (κ1) is 14.4. The standard InChI is InChI=1S/C11H23NO3/c1-14-9-10-15-8-6-4-2-3-5-7-11(12)13/h2-10H2,1H3,(H2,12,13). The molecule has 4 heteroatoms. The van der Waals surface area contributed by atoms with Crippen molar-refractivity contribution in [3.8, 4) is 0 Å². The number of nitrogens with two attached hydrogens (primary N) is 1. The number of hydrogen-bond donors (Lipinski definition) is 1. The first-order valence-electron chi connectivity index (χ1n) is 5.62. The molecule has 0 saturated heterocycles. The van der Waals surface area contributed by atoms with Crippen molar-refractivity contribution >= 4 is 5.91 Å².